The number of anilines is 1. The molecule has 0 bridgehead atoms. The van der Waals surface area contributed by atoms with E-state index in [1.165, 1.54) is 24.0 Å². The van der Waals surface area contributed by atoms with E-state index in [1.54, 1.807) is 31.3 Å². The predicted molar refractivity (Wildman–Crippen MR) is 77.9 cm³/mol. The summed E-state index contributed by atoms with van der Waals surface area (Å²) in [5.41, 5.74) is 0.567. The van der Waals surface area contributed by atoms with E-state index in [4.69, 9.17) is 14.6 Å². The molecule has 7 heteroatoms. The van der Waals surface area contributed by atoms with Gasteiger partial charge in [0.15, 0.2) is 0 Å². The first-order valence-electron chi connectivity index (χ1n) is 6.37. The number of rotatable bonds is 7. The van der Waals surface area contributed by atoms with Gasteiger partial charge >= 0.3 is 12.0 Å². The Hall–Kier alpha value is -2.28. The number of carboxylic acids is 1. The Balaban J connectivity index is 2.93. The van der Waals surface area contributed by atoms with Gasteiger partial charge in [-0.15, -0.1) is 0 Å². The summed E-state index contributed by atoms with van der Waals surface area (Å²) in [5, 5.41) is 8.91. The maximum Gasteiger partial charge on any atom is 0.324 e. The smallest absolute Gasteiger partial charge is 0.324 e. The van der Waals surface area contributed by atoms with E-state index in [-0.39, 0.29) is 19.7 Å². The molecular weight excluding hydrogens is 276 g/mol. The fourth-order valence-corrected chi connectivity index (χ4v) is 1.83. The van der Waals surface area contributed by atoms with E-state index in [0.29, 0.717) is 11.4 Å². The highest BCUT2D eigenvalue weighted by atomic mass is 16.5. The van der Waals surface area contributed by atoms with E-state index in [1.807, 2.05) is 0 Å². The van der Waals surface area contributed by atoms with Crippen molar-refractivity contribution in [2.24, 2.45) is 0 Å². The third-order valence-electron chi connectivity index (χ3n) is 2.90. The number of methoxy groups -OCH3 is 2. The van der Waals surface area contributed by atoms with Crippen LogP contribution in [0, 0.1) is 0 Å². The van der Waals surface area contributed by atoms with Crippen molar-refractivity contribution >= 4 is 17.7 Å². The highest BCUT2D eigenvalue weighted by molar-refractivity contribution is 5.94. The molecule has 0 aliphatic carbocycles. The Morgan fingerprint density at radius 3 is 2.48 bits per heavy atom. The average Bonchev–Trinajstić information content (AvgIpc) is 2.49. The molecule has 1 aromatic carbocycles. The highest BCUT2D eigenvalue weighted by Gasteiger charge is 2.22. The van der Waals surface area contributed by atoms with Crippen molar-refractivity contribution in [2.75, 3.05) is 45.9 Å². The van der Waals surface area contributed by atoms with Gasteiger partial charge in [-0.05, 0) is 12.1 Å². The minimum absolute atomic E-state index is 0.196. The Morgan fingerprint density at radius 2 is 1.90 bits per heavy atom. The van der Waals surface area contributed by atoms with E-state index in [0.717, 1.165) is 0 Å². The molecule has 0 saturated carbocycles. The molecule has 1 N–H and O–H groups in total. The molecule has 21 heavy (non-hydrogen) atoms. The molecule has 7 nitrogen and oxygen atoms in total. The second-order valence-electron chi connectivity index (χ2n) is 4.32. The molecule has 1 aromatic rings. The molecule has 0 spiro atoms. The van der Waals surface area contributed by atoms with Gasteiger partial charge in [0.25, 0.3) is 0 Å². The fourth-order valence-electron chi connectivity index (χ4n) is 1.83. The molecule has 0 saturated heterocycles. The molecule has 0 aliphatic heterocycles. The highest BCUT2D eigenvalue weighted by Crippen LogP contribution is 2.27. The topological polar surface area (TPSA) is 79.3 Å². The van der Waals surface area contributed by atoms with Crippen molar-refractivity contribution < 1.29 is 24.2 Å². The lowest BCUT2D eigenvalue weighted by atomic mass is 10.2. The summed E-state index contributed by atoms with van der Waals surface area (Å²) in [6, 6.07) is 6.60. The van der Waals surface area contributed by atoms with Crippen LogP contribution in [-0.2, 0) is 9.53 Å². The van der Waals surface area contributed by atoms with Gasteiger partial charge in [-0.3, -0.25) is 9.69 Å². The third-order valence-corrected chi connectivity index (χ3v) is 2.90. The van der Waals surface area contributed by atoms with E-state index >= 15 is 0 Å². The molecule has 116 valence electrons. The van der Waals surface area contributed by atoms with Gasteiger partial charge in [-0.2, -0.15) is 0 Å². The number of hydrogen-bond acceptors (Lipinski definition) is 4. The number of para-hydroxylation sites is 2. The molecule has 0 heterocycles. The first-order chi connectivity index (χ1) is 10.0. The van der Waals surface area contributed by atoms with Gasteiger partial charge in [0.2, 0.25) is 0 Å². The largest absolute Gasteiger partial charge is 0.495 e. The Kier molecular flexibility index (Phi) is 6.48. The average molecular weight is 296 g/mol. The van der Waals surface area contributed by atoms with Crippen molar-refractivity contribution in [3.63, 3.8) is 0 Å². The molecule has 0 aliphatic rings. The number of aliphatic carboxylic acids is 1. The maximum atomic E-state index is 12.4. The van der Waals surface area contributed by atoms with Crippen molar-refractivity contribution in [3.8, 4) is 5.75 Å². The lowest BCUT2D eigenvalue weighted by molar-refractivity contribution is -0.137. The minimum atomic E-state index is -1.08. The lowest BCUT2D eigenvalue weighted by Gasteiger charge is -2.27. The maximum absolute atomic E-state index is 12.4. The standard InChI is InChI=1S/C14H20N2O5/c1-15(11-6-4-5-7-12(11)21-3)14(19)16(8-9-20-2)10-13(17)18/h4-7H,8-10H2,1-3H3,(H,17,18). The quantitative estimate of drug-likeness (QED) is 0.820. The third kappa shape index (κ3) is 4.64. The van der Waals surface area contributed by atoms with Crippen LogP contribution in [0.5, 0.6) is 5.75 Å². The van der Waals surface area contributed by atoms with Crippen LogP contribution in [0.15, 0.2) is 24.3 Å². The zero-order valence-electron chi connectivity index (χ0n) is 12.4. The number of carboxylic acid groups (broad SMARTS) is 1. The number of benzene rings is 1. The number of carbonyl (C=O) groups excluding carboxylic acids is 1. The van der Waals surface area contributed by atoms with Crippen molar-refractivity contribution in [2.45, 2.75) is 0 Å². The monoisotopic (exact) mass is 296 g/mol. The first kappa shape index (κ1) is 16.8. The van der Waals surface area contributed by atoms with Gasteiger partial charge in [0, 0.05) is 20.7 Å². The molecular formula is C14H20N2O5. The summed E-state index contributed by atoms with van der Waals surface area (Å²) >= 11 is 0. The Bertz CT molecular complexity index is 492. The molecule has 0 radical (unpaired) electrons. The number of carbonyl (C=O) groups is 2. The predicted octanol–water partition coefficient (Wildman–Crippen LogP) is 1.28. The number of urea groups is 1. The van der Waals surface area contributed by atoms with Gasteiger partial charge in [-0.25, -0.2) is 4.79 Å². The van der Waals surface area contributed by atoms with Crippen LogP contribution in [0.2, 0.25) is 0 Å². The van der Waals surface area contributed by atoms with Crippen LogP contribution in [-0.4, -0.2) is 63.0 Å². The summed E-state index contributed by atoms with van der Waals surface area (Å²) in [5.74, 6) is -0.539. The van der Waals surface area contributed by atoms with Crippen molar-refractivity contribution in [1.29, 1.82) is 0 Å². The van der Waals surface area contributed by atoms with Crippen LogP contribution >= 0.6 is 0 Å². The van der Waals surface area contributed by atoms with Crippen LogP contribution in [0.25, 0.3) is 0 Å². The fraction of sp³-hybridized carbons (Fsp3) is 0.429. The number of amides is 2. The summed E-state index contributed by atoms with van der Waals surface area (Å²) in [6.07, 6.45) is 0. The molecule has 0 fully saturated rings. The zero-order chi connectivity index (χ0) is 15.8. The van der Waals surface area contributed by atoms with E-state index in [2.05, 4.69) is 0 Å². The van der Waals surface area contributed by atoms with Gasteiger partial charge in [0.05, 0.1) is 19.4 Å². The Morgan fingerprint density at radius 1 is 1.24 bits per heavy atom. The van der Waals surface area contributed by atoms with Gasteiger partial charge in [0.1, 0.15) is 12.3 Å². The van der Waals surface area contributed by atoms with Crippen LogP contribution in [0.4, 0.5) is 10.5 Å². The second kappa shape index (κ2) is 8.11. The molecule has 0 aromatic heterocycles. The molecule has 0 atom stereocenters. The first-order valence-corrected chi connectivity index (χ1v) is 6.37. The number of nitrogens with zero attached hydrogens (tertiary/aromatic N) is 2. The lowest BCUT2D eigenvalue weighted by Crippen LogP contribution is -2.45. The Labute approximate surface area is 123 Å². The van der Waals surface area contributed by atoms with Crippen LogP contribution in [0.3, 0.4) is 0 Å². The normalized spacial score (nSPS) is 10.0. The zero-order valence-corrected chi connectivity index (χ0v) is 12.4. The second-order valence-corrected chi connectivity index (χ2v) is 4.32. The molecule has 1 rings (SSSR count). The van der Waals surface area contributed by atoms with Crippen molar-refractivity contribution in [3.05, 3.63) is 24.3 Å². The summed E-state index contributed by atoms with van der Waals surface area (Å²) in [7, 11) is 4.58. The van der Waals surface area contributed by atoms with Crippen molar-refractivity contribution in [1.82, 2.24) is 4.90 Å². The van der Waals surface area contributed by atoms with E-state index < -0.39 is 12.0 Å². The summed E-state index contributed by atoms with van der Waals surface area (Å²) in [6.45, 7) is 0.0710. The number of ether oxygens (including phenoxy) is 2. The van der Waals surface area contributed by atoms with Gasteiger partial charge < -0.3 is 19.5 Å². The molecule has 0 unspecified atom stereocenters. The van der Waals surface area contributed by atoms with Crippen LogP contribution < -0.4 is 9.64 Å². The van der Waals surface area contributed by atoms with E-state index in [9.17, 15) is 9.59 Å². The SMILES string of the molecule is COCCN(CC(=O)O)C(=O)N(C)c1ccccc1OC. The number of hydrogen-bond donors (Lipinski definition) is 1. The summed E-state index contributed by atoms with van der Waals surface area (Å²) < 4.78 is 10.1. The molecule has 2 amide bonds. The summed E-state index contributed by atoms with van der Waals surface area (Å²) in [4.78, 5) is 25.9. The van der Waals surface area contributed by atoms with Gasteiger partial charge in [-0.1, -0.05) is 12.1 Å². The van der Waals surface area contributed by atoms with Crippen LogP contribution in [0.1, 0.15) is 0 Å². The minimum Gasteiger partial charge on any atom is -0.495 e.